The van der Waals surface area contributed by atoms with E-state index in [0.717, 1.165) is 6.42 Å². The first-order chi connectivity index (χ1) is 3.97. The number of allylic oxidation sites excluding steroid dienone is 1. The highest BCUT2D eigenvalue weighted by Crippen LogP contribution is 2.23. The summed E-state index contributed by atoms with van der Waals surface area (Å²) >= 11 is 1.70. The Morgan fingerprint density at radius 1 is 1.62 bits per heavy atom. The smallest absolute Gasteiger partial charge is 0.0452 e. The number of hydrogen-bond donors (Lipinski definition) is 0. The van der Waals surface area contributed by atoms with Crippen LogP contribution in [0, 0.1) is 5.38 Å². The normalized spacial score (nSPS) is 14.5. The lowest BCUT2D eigenvalue weighted by Gasteiger charge is -1.79. The van der Waals surface area contributed by atoms with Crippen molar-refractivity contribution in [3.8, 4) is 0 Å². The maximum absolute atomic E-state index is 3.09. The predicted octanol–water partition coefficient (Wildman–Crippen LogP) is 2.12. The molecule has 0 spiro atoms. The Morgan fingerprint density at radius 2 is 2.62 bits per heavy atom. The highest BCUT2D eigenvalue weighted by atomic mass is 32.1. The average Bonchev–Trinajstić information content (AvgIpc) is 2.15. The van der Waals surface area contributed by atoms with Gasteiger partial charge in [0.15, 0.2) is 0 Å². The first-order valence-electron chi connectivity index (χ1n) is 2.62. The number of fused-ring (bicyclic) bond motifs is 1. The lowest BCUT2D eigenvalue weighted by atomic mass is 10.3. The Labute approximate surface area is 52.5 Å². The van der Waals surface area contributed by atoms with E-state index in [1.54, 1.807) is 11.3 Å². The number of thiophene rings is 1. The van der Waals surface area contributed by atoms with E-state index in [2.05, 4.69) is 23.6 Å². The molecule has 1 aromatic rings. The van der Waals surface area contributed by atoms with Crippen LogP contribution in [-0.4, -0.2) is 0 Å². The molecule has 1 aliphatic rings. The second-order valence-corrected chi connectivity index (χ2v) is 2.74. The maximum atomic E-state index is 3.09. The van der Waals surface area contributed by atoms with Crippen molar-refractivity contribution in [3.63, 3.8) is 0 Å². The molecule has 1 aromatic heterocycles. The summed E-state index contributed by atoms with van der Waals surface area (Å²) in [4.78, 5) is 1.39. The van der Waals surface area contributed by atoms with Crippen molar-refractivity contribution in [1.82, 2.24) is 0 Å². The quantitative estimate of drug-likeness (QED) is 0.493. The van der Waals surface area contributed by atoms with E-state index in [-0.39, 0.29) is 0 Å². The van der Waals surface area contributed by atoms with Crippen LogP contribution in [0.5, 0.6) is 0 Å². The zero-order valence-electron chi connectivity index (χ0n) is 4.35. The van der Waals surface area contributed by atoms with Crippen LogP contribution in [0.4, 0.5) is 0 Å². The van der Waals surface area contributed by atoms with Gasteiger partial charge in [0.05, 0.1) is 0 Å². The molecule has 1 heteroatoms. The zero-order chi connectivity index (χ0) is 5.40. The number of rotatable bonds is 0. The third-order valence-electron chi connectivity index (χ3n) is 1.33. The molecule has 0 aromatic carbocycles. The van der Waals surface area contributed by atoms with Crippen molar-refractivity contribution in [2.75, 3.05) is 0 Å². The first-order valence-corrected chi connectivity index (χ1v) is 3.44. The van der Waals surface area contributed by atoms with Gasteiger partial charge in [-0.25, -0.2) is 0 Å². The fraction of sp³-hybridized carbons (Fsp3) is 0.143. The molecule has 8 heavy (non-hydrogen) atoms. The minimum absolute atomic E-state index is 1.12. The van der Waals surface area contributed by atoms with Crippen molar-refractivity contribution in [1.29, 1.82) is 0 Å². The van der Waals surface area contributed by atoms with Crippen LogP contribution >= 0.6 is 11.3 Å². The largest absolute Gasteiger partial charge is 0.135 e. The summed E-state index contributed by atoms with van der Waals surface area (Å²) in [6.45, 7) is 0. The summed E-state index contributed by atoms with van der Waals surface area (Å²) in [5.41, 5.74) is 1.44. The second-order valence-electron chi connectivity index (χ2n) is 1.86. The van der Waals surface area contributed by atoms with E-state index in [1.165, 1.54) is 10.4 Å². The van der Waals surface area contributed by atoms with E-state index in [9.17, 15) is 0 Å². The molecule has 0 aliphatic heterocycles. The molecule has 0 bridgehead atoms. The van der Waals surface area contributed by atoms with Gasteiger partial charge in [-0.1, -0.05) is 6.08 Å². The van der Waals surface area contributed by atoms with Crippen molar-refractivity contribution in [3.05, 3.63) is 28.0 Å². The van der Waals surface area contributed by atoms with Gasteiger partial charge in [-0.05, 0) is 24.1 Å². The van der Waals surface area contributed by atoms with Crippen LogP contribution in [0.15, 0.2) is 12.1 Å². The molecule has 0 atom stereocenters. The van der Waals surface area contributed by atoms with Crippen molar-refractivity contribution in [2.24, 2.45) is 0 Å². The Balaban J connectivity index is 2.67. The van der Waals surface area contributed by atoms with Crippen LogP contribution in [-0.2, 0) is 6.42 Å². The molecule has 0 unspecified atom stereocenters. The lowest BCUT2D eigenvalue weighted by molar-refractivity contribution is 1.34. The van der Waals surface area contributed by atoms with E-state index in [0.29, 0.717) is 0 Å². The van der Waals surface area contributed by atoms with E-state index in [1.807, 2.05) is 0 Å². The van der Waals surface area contributed by atoms with Crippen LogP contribution in [0.3, 0.4) is 0 Å². The average molecular weight is 121 g/mol. The summed E-state index contributed by atoms with van der Waals surface area (Å²) in [5.74, 6) is 0. The molecule has 0 amide bonds. The van der Waals surface area contributed by atoms with Gasteiger partial charge in [0.2, 0.25) is 0 Å². The van der Waals surface area contributed by atoms with Gasteiger partial charge in [0.25, 0.3) is 0 Å². The topological polar surface area (TPSA) is 0 Å². The molecular formula is C7H5S. The van der Waals surface area contributed by atoms with E-state index in [4.69, 9.17) is 0 Å². The molecule has 39 valence electrons. The van der Waals surface area contributed by atoms with Crippen LogP contribution in [0.2, 0.25) is 0 Å². The van der Waals surface area contributed by atoms with Crippen LogP contribution in [0.25, 0.3) is 6.08 Å². The van der Waals surface area contributed by atoms with Crippen LogP contribution in [0.1, 0.15) is 10.4 Å². The molecule has 0 nitrogen and oxygen atoms in total. The monoisotopic (exact) mass is 121 g/mol. The molecule has 0 fully saturated rings. The third kappa shape index (κ3) is 0.450. The molecule has 0 N–H and O–H groups in total. The van der Waals surface area contributed by atoms with Gasteiger partial charge >= 0.3 is 0 Å². The summed E-state index contributed by atoms with van der Waals surface area (Å²) in [6, 6.07) is 2.07. The highest BCUT2D eigenvalue weighted by molar-refractivity contribution is 7.10. The standard InChI is InChI=1S/C7H5S/c1-2-6-4-5-8-7(6)3-1/h1,3-4H,2H2. The van der Waals surface area contributed by atoms with Gasteiger partial charge in [-0.3, -0.25) is 0 Å². The van der Waals surface area contributed by atoms with Gasteiger partial charge in [-0.2, -0.15) is 0 Å². The fourth-order valence-corrected chi connectivity index (χ4v) is 1.66. The molecule has 1 aliphatic carbocycles. The SMILES string of the molecule is [c]1cc2c(s1)C=CC2. The minimum Gasteiger partial charge on any atom is -0.135 e. The summed E-state index contributed by atoms with van der Waals surface area (Å²) in [7, 11) is 0. The van der Waals surface area contributed by atoms with E-state index >= 15 is 0 Å². The van der Waals surface area contributed by atoms with Crippen molar-refractivity contribution in [2.45, 2.75) is 6.42 Å². The molecule has 0 saturated carbocycles. The van der Waals surface area contributed by atoms with Gasteiger partial charge < -0.3 is 0 Å². The van der Waals surface area contributed by atoms with Gasteiger partial charge in [0.1, 0.15) is 0 Å². The summed E-state index contributed by atoms with van der Waals surface area (Å²) in [5, 5.41) is 3.09. The van der Waals surface area contributed by atoms with Crippen molar-refractivity contribution >= 4 is 17.4 Å². The summed E-state index contributed by atoms with van der Waals surface area (Å²) < 4.78 is 0. The van der Waals surface area contributed by atoms with Gasteiger partial charge in [0, 0.05) is 10.3 Å². The van der Waals surface area contributed by atoms with Crippen LogP contribution < -0.4 is 0 Å². The predicted molar refractivity (Wildman–Crippen MR) is 35.9 cm³/mol. The Kier molecular flexibility index (Phi) is 0.788. The molecule has 2 rings (SSSR count). The lowest BCUT2D eigenvalue weighted by Crippen LogP contribution is -1.67. The van der Waals surface area contributed by atoms with E-state index < -0.39 is 0 Å². The zero-order valence-corrected chi connectivity index (χ0v) is 5.16. The third-order valence-corrected chi connectivity index (χ3v) is 2.18. The summed E-state index contributed by atoms with van der Waals surface area (Å²) in [6.07, 6.45) is 5.47. The Bertz CT molecular complexity index is 220. The molecule has 1 heterocycles. The first kappa shape index (κ1) is 4.33. The minimum atomic E-state index is 1.12. The molecule has 1 radical (unpaired) electrons. The second kappa shape index (κ2) is 1.46. The van der Waals surface area contributed by atoms with Gasteiger partial charge in [-0.15, -0.1) is 11.3 Å². The molecule has 0 saturated heterocycles. The number of hydrogen-bond acceptors (Lipinski definition) is 1. The Hall–Kier alpha value is -0.560. The van der Waals surface area contributed by atoms with Crippen molar-refractivity contribution < 1.29 is 0 Å². The maximum Gasteiger partial charge on any atom is 0.0452 e. The fourth-order valence-electron chi connectivity index (χ4n) is 0.894. The Morgan fingerprint density at radius 3 is 3.50 bits per heavy atom. The highest BCUT2D eigenvalue weighted by Gasteiger charge is 2.03. The molecular weight excluding hydrogens is 116 g/mol.